The van der Waals surface area contributed by atoms with E-state index in [4.69, 9.17) is 0 Å². The average molecular weight is 331 g/mol. The molecule has 0 fully saturated rings. The Morgan fingerprint density at radius 2 is 1.80 bits per heavy atom. The van der Waals surface area contributed by atoms with Crippen LogP contribution in [0.1, 0.15) is 11.3 Å². The Morgan fingerprint density at radius 3 is 2.68 bits per heavy atom. The zero-order valence-corrected chi connectivity index (χ0v) is 13.5. The van der Waals surface area contributed by atoms with E-state index in [9.17, 15) is 4.79 Å². The summed E-state index contributed by atoms with van der Waals surface area (Å²) in [6, 6.07) is 15.9. The second kappa shape index (κ2) is 5.37. The first-order chi connectivity index (χ1) is 12.3. The van der Waals surface area contributed by atoms with Crippen molar-refractivity contribution in [2.75, 3.05) is 11.9 Å². The number of benzene rings is 2. The summed E-state index contributed by atoms with van der Waals surface area (Å²) < 4.78 is 0. The SMILES string of the molecule is O=C(Nc1n[nH]c2ccccc12)N1CCc2[nH]c3ccccc3c2C1. The summed E-state index contributed by atoms with van der Waals surface area (Å²) in [5.41, 5.74) is 4.49. The zero-order valence-electron chi connectivity index (χ0n) is 13.5. The molecule has 2 amide bonds. The van der Waals surface area contributed by atoms with Gasteiger partial charge in [0.25, 0.3) is 0 Å². The molecule has 0 atom stereocenters. The van der Waals surface area contributed by atoms with E-state index >= 15 is 0 Å². The third kappa shape index (κ3) is 2.26. The molecule has 0 saturated heterocycles. The molecule has 6 nitrogen and oxygen atoms in total. The number of hydrogen-bond acceptors (Lipinski definition) is 2. The molecule has 2 aromatic carbocycles. The van der Waals surface area contributed by atoms with E-state index in [1.807, 2.05) is 41.3 Å². The zero-order chi connectivity index (χ0) is 16.8. The topological polar surface area (TPSA) is 76.8 Å². The molecule has 0 bridgehead atoms. The molecule has 5 rings (SSSR count). The maximum absolute atomic E-state index is 12.7. The summed E-state index contributed by atoms with van der Waals surface area (Å²) in [7, 11) is 0. The number of carbonyl (C=O) groups excluding carboxylic acids is 1. The molecule has 0 aliphatic carbocycles. The molecule has 6 heteroatoms. The van der Waals surface area contributed by atoms with Crippen molar-refractivity contribution in [2.45, 2.75) is 13.0 Å². The molecule has 0 saturated carbocycles. The summed E-state index contributed by atoms with van der Waals surface area (Å²) in [5, 5.41) is 12.2. The van der Waals surface area contributed by atoms with Crippen LogP contribution in [0.25, 0.3) is 21.8 Å². The second-order valence-corrected chi connectivity index (χ2v) is 6.35. The number of nitrogens with zero attached hydrogens (tertiary/aromatic N) is 2. The minimum absolute atomic E-state index is 0.117. The fourth-order valence-corrected chi connectivity index (χ4v) is 3.58. The number of H-pyrrole nitrogens is 2. The van der Waals surface area contributed by atoms with Crippen LogP contribution in [0, 0.1) is 0 Å². The lowest BCUT2D eigenvalue weighted by molar-refractivity contribution is 0.206. The van der Waals surface area contributed by atoms with Crippen LogP contribution in [0.4, 0.5) is 10.6 Å². The molecule has 124 valence electrons. The van der Waals surface area contributed by atoms with Gasteiger partial charge in [-0.3, -0.25) is 10.4 Å². The normalized spacial score (nSPS) is 14.0. The highest BCUT2D eigenvalue weighted by atomic mass is 16.2. The van der Waals surface area contributed by atoms with Crippen LogP contribution in [-0.4, -0.2) is 32.7 Å². The van der Waals surface area contributed by atoms with Crippen LogP contribution < -0.4 is 5.32 Å². The van der Waals surface area contributed by atoms with E-state index in [-0.39, 0.29) is 6.03 Å². The summed E-state index contributed by atoms with van der Waals surface area (Å²) in [6.45, 7) is 1.29. The minimum atomic E-state index is -0.117. The van der Waals surface area contributed by atoms with Crippen molar-refractivity contribution in [1.82, 2.24) is 20.1 Å². The Bertz CT molecular complexity index is 1090. The largest absolute Gasteiger partial charge is 0.358 e. The van der Waals surface area contributed by atoms with E-state index in [2.05, 4.69) is 32.6 Å². The second-order valence-electron chi connectivity index (χ2n) is 6.35. The molecular formula is C19H17N5O. The van der Waals surface area contributed by atoms with E-state index in [1.165, 1.54) is 16.6 Å². The van der Waals surface area contributed by atoms with Gasteiger partial charge >= 0.3 is 6.03 Å². The van der Waals surface area contributed by atoms with Gasteiger partial charge in [-0.2, -0.15) is 5.10 Å². The van der Waals surface area contributed by atoms with Gasteiger partial charge < -0.3 is 9.88 Å². The van der Waals surface area contributed by atoms with Crippen LogP contribution in [0.15, 0.2) is 48.5 Å². The quantitative estimate of drug-likeness (QED) is 0.498. The number of aromatic nitrogens is 3. The van der Waals surface area contributed by atoms with Crippen LogP contribution in [0.5, 0.6) is 0 Å². The number of anilines is 1. The monoisotopic (exact) mass is 331 g/mol. The third-order valence-corrected chi connectivity index (χ3v) is 4.87. The van der Waals surface area contributed by atoms with Crippen molar-refractivity contribution in [3.63, 3.8) is 0 Å². The van der Waals surface area contributed by atoms with Gasteiger partial charge in [0.15, 0.2) is 5.82 Å². The average Bonchev–Trinajstić information content (AvgIpc) is 3.22. The molecule has 25 heavy (non-hydrogen) atoms. The maximum atomic E-state index is 12.7. The number of rotatable bonds is 1. The lowest BCUT2D eigenvalue weighted by Gasteiger charge is -2.27. The Labute approximate surface area is 143 Å². The maximum Gasteiger partial charge on any atom is 0.323 e. The van der Waals surface area contributed by atoms with Gasteiger partial charge in [0.05, 0.1) is 5.52 Å². The summed E-state index contributed by atoms with van der Waals surface area (Å²) in [6.07, 6.45) is 0.832. The molecule has 2 aromatic heterocycles. The van der Waals surface area contributed by atoms with E-state index in [1.54, 1.807) is 0 Å². The molecule has 3 N–H and O–H groups in total. The van der Waals surface area contributed by atoms with Gasteiger partial charge in [0, 0.05) is 47.1 Å². The van der Waals surface area contributed by atoms with Gasteiger partial charge in [-0.25, -0.2) is 4.79 Å². The predicted octanol–water partition coefficient (Wildman–Crippen LogP) is 3.63. The van der Waals surface area contributed by atoms with Gasteiger partial charge in [-0.05, 0) is 18.2 Å². The van der Waals surface area contributed by atoms with Crippen LogP contribution >= 0.6 is 0 Å². The van der Waals surface area contributed by atoms with Crippen molar-refractivity contribution in [2.24, 2.45) is 0 Å². The van der Waals surface area contributed by atoms with Crippen molar-refractivity contribution in [3.8, 4) is 0 Å². The van der Waals surface area contributed by atoms with E-state index in [0.29, 0.717) is 18.9 Å². The van der Waals surface area contributed by atoms with Crippen LogP contribution in [-0.2, 0) is 13.0 Å². The molecule has 1 aliphatic heterocycles. The first-order valence-corrected chi connectivity index (χ1v) is 8.37. The number of fused-ring (bicyclic) bond motifs is 4. The Kier molecular flexibility index (Phi) is 3.03. The highest BCUT2D eigenvalue weighted by molar-refractivity contribution is 5.99. The van der Waals surface area contributed by atoms with Gasteiger partial charge in [0.1, 0.15) is 0 Å². The smallest absolute Gasteiger partial charge is 0.323 e. The van der Waals surface area contributed by atoms with E-state index < -0.39 is 0 Å². The number of para-hydroxylation sites is 2. The summed E-state index contributed by atoms with van der Waals surface area (Å²) >= 11 is 0. The van der Waals surface area contributed by atoms with Gasteiger partial charge in [0.2, 0.25) is 0 Å². The number of aromatic amines is 2. The molecule has 1 aliphatic rings. The Balaban J connectivity index is 1.41. The van der Waals surface area contributed by atoms with Crippen molar-refractivity contribution < 1.29 is 4.79 Å². The predicted molar refractivity (Wildman–Crippen MR) is 97.5 cm³/mol. The fraction of sp³-hybridized carbons (Fsp3) is 0.158. The Morgan fingerprint density at radius 1 is 1.04 bits per heavy atom. The number of urea groups is 1. The number of hydrogen-bond donors (Lipinski definition) is 3. The molecular weight excluding hydrogens is 314 g/mol. The molecule has 3 heterocycles. The lowest BCUT2D eigenvalue weighted by atomic mass is 10.0. The molecule has 0 radical (unpaired) electrons. The first-order valence-electron chi connectivity index (χ1n) is 8.37. The highest BCUT2D eigenvalue weighted by Gasteiger charge is 2.24. The molecule has 0 unspecified atom stereocenters. The summed E-state index contributed by atoms with van der Waals surface area (Å²) in [4.78, 5) is 18.0. The number of nitrogens with one attached hydrogen (secondary N) is 3. The first kappa shape index (κ1) is 14.1. The number of carbonyl (C=O) groups is 1. The molecule has 4 aromatic rings. The van der Waals surface area contributed by atoms with Crippen molar-refractivity contribution in [1.29, 1.82) is 0 Å². The van der Waals surface area contributed by atoms with Gasteiger partial charge in [-0.15, -0.1) is 0 Å². The third-order valence-electron chi connectivity index (χ3n) is 4.87. The fourth-order valence-electron chi connectivity index (χ4n) is 3.58. The summed E-state index contributed by atoms with van der Waals surface area (Å²) in [5.74, 6) is 0.574. The van der Waals surface area contributed by atoms with E-state index in [0.717, 1.165) is 22.8 Å². The van der Waals surface area contributed by atoms with Crippen molar-refractivity contribution >= 4 is 33.7 Å². The van der Waals surface area contributed by atoms with Crippen molar-refractivity contribution in [3.05, 3.63) is 59.8 Å². The standard InChI is InChI=1S/C19H17N5O/c25-19(21-18-13-6-2-4-8-17(13)22-23-18)24-10-9-16-14(11-24)12-5-1-3-7-15(12)20-16/h1-8,20H,9-11H2,(H2,21,22,23,25). The minimum Gasteiger partial charge on any atom is -0.358 e. The highest BCUT2D eigenvalue weighted by Crippen LogP contribution is 2.28. The van der Waals surface area contributed by atoms with Crippen LogP contribution in [0.2, 0.25) is 0 Å². The lowest BCUT2D eigenvalue weighted by Crippen LogP contribution is -2.38. The Hall–Kier alpha value is -3.28. The van der Waals surface area contributed by atoms with Crippen LogP contribution in [0.3, 0.4) is 0 Å². The van der Waals surface area contributed by atoms with Gasteiger partial charge in [-0.1, -0.05) is 30.3 Å². The molecule has 0 spiro atoms. The number of amides is 2.